The topological polar surface area (TPSA) is 76.7 Å². The van der Waals surface area contributed by atoms with Gasteiger partial charge in [0.1, 0.15) is 13.2 Å². The Bertz CT molecular complexity index is 766. The van der Waals surface area contributed by atoms with E-state index in [1.807, 2.05) is 36.4 Å². The predicted molar refractivity (Wildman–Crippen MR) is 106 cm³/mol. The molecule has 0 aliphatic heterocycles. The van der Waals surface area contributed by atoms with Crippen LogP contribution in [0.15, 0.2) is 60.7 Å². The van der Waals surface area contributed by atoms with Crippen molar-refractivity contribution in [3.63, 3.8) is 0 Å². The highest BCUT2D eigenvalue weighted by Crippen LogP contribution is 2.33. The Morgan fingerprint density at radius 2 is 1.20 bits per heavy atom. The number of halogens is 2. The minimum absolute atomic E-state index is 0.0449. The van der Waals surface area contributed by atoms with Gasteiger partial charge in [0.25, 0.3) is 5.92 Å². The van der Waals surface area contributed by atoms with Gasteiger partial charge in [-0.05, 0) is 17.5 Å². The Balaban J connectivity index is 1.46. The normalized spacial score (nSPS) is 20.1. The largest absolute Gasteiger partial charge is 0.445 e. The van der Waals surface area contributed by atoms with Gasteiger partial charge in [-0.1, -0.05) is 60.7 Å². The van der Waals surface area contributed by atoms with Crippen molar-refractivity contribution in [2.75, 3.05) is 0 Å². The summed E-state index contributed by atoms with van der Waals surface area (Å²) in [6.07, 6.45) is -2.40. The quantitative estimate of drug-likeness (QED) is 0.729. The molecule has 1 aliphatic rings. The zero-order chi connectivity index (χ0) is 21.4. The molecule has 3 rings (SSSR count). The summed E-state index contributed by atoms with van der Waals surface area (Å²) < 4.78 is 38.4. The van der Waals surface area contributed by atoms with Crippen molar-refractivity contribution in [1.29, 1.82) is 0 Å². The second-order valence-corrected chi connectivity index (χ2v) is 7.31. The van der Waals surface area contributed by atoms with Crippen LogP contribution >= 0.6 is 0 Å². The molecule has 6 nitrogen and oxygen atoms in total. The van der Waals surface area contributed by atoms with Gasteiger partial charge in [0.15, 0.2) is 0 Å². The van der Waals surface area contributed by atoms with Gasteiger partial charge in [-0.25, -0.2) is 18.4 Å². The second-order valence-electron chi connectivity index (χ2n) is 7.31. The number of amides is 2. The van der Waals surface area contributed by atoms with Crippen LogP contribution < -0.4 is 10.6 Å². The number of alkyl carbamates (subject to hydrolysis) is 2. The highest BCUT2D eigenvalue weighted by Gasteiger charge is 2.42. The Kier molecular flexibility index (Phi) is 7.21. The lowest BCUT2D eigenvalue weighted by atomic mass is 9.88. The fraction of sp³-hybridized carbons (Fsp3) is 0.364. The number of rotatable bonds is 6. The Morgan fingerprint density at radius 1 is 0.800 bits per heavy atom. The van der Waals surface area contributed by atoms with Gasteiger partial charge in [0, 0.05) is 24.9 Å². The Morgan fingerprint density at radius 3 is 1.60 bits per heavy atom. The molecule has 1 aliphatic carbocycles. The summed E-state index contributed by atoms with van der Waals surface area (Å²) in [5.41, 5.74) is 1.59. The standard InChI is InChI=1S/C22H24F2N2O4/c23-22(24)12-18(25-20(27)29-14-16-7-3-1-4-8-16)11-19(13-22)26-21(28)30-15-17-9-5-2-6-10-17/h1-10,18-19H,11-15H2,(H,25,27)(H,26,28). The number of alkyl halides is 2. The minimum atomic E-state index is -3.02. The molecule has 0 aromatic heterocycles. The van der Waals surface area contributed by atoms with Crippen molar-refractivity contribution < 1.29 is 27.8 Å². The van der Waals surface area contributed by atoms with Crippen LogP contribution in [0.5, 0.6) is 0 Å². The molecule has 0 heterocycles. The molecule has 2 unspecified atom stereocenters. The van der Waals surface area contributed by atoms with Crippen molar-refractivity contribution >= 4 is 12.2 Å². The first-order chi connectivity index (χ1) is 14.4. The van der Waals surface area contributed by atoms with Crippen molar-refractivity contribution in [3.05, 3.63) is 71.8 Å². The van der Waals surface area contributed by atoms with Crippen LogP contribution in [0.1, 0.15) is 30.4 Å². The molecule has 1 fully saturated rings. The lowest BCUT2D eigenvalue weighted by Gasteiger charge is -2.35. The van der Waals surface area contributed by atoms with Crippen LogP contribution in [0.25, 0.3) is 0 Å². The minimum Gasteiger partial charge on any atom is -0.445 e. The zero-order valence-corrected chi connectivity index (χ0v) is 16.4. The molecule has 2 aromatic rings. The number of carbonyl (C=O) groups is 2. The summed E-state index contributed by atoms with van der Waals surface area (Å²) >= 11 is 0. The number of carbonyl (C=O) groups excluding carboxylic acids is 2. The molecular weight excluding hydrogens is 394 g/mol. The van der Waals surface area contributed by atoms with E-state index in [-0.39, 0.29) is 19.6 Å². The molecule has 8 heteroatoms. The first kappa shape index (κ1) is 21.5. The molecule has 0 spiro atoms. The summed E-state index contributed by atoms with van der Waals surface area (Å²) in [4.78, 5) is 24.0. The number of ether oxygens (including phenoxy) is 2. The summed E-state index contributed by atoms with van der Waals surface area (Å²) in [7, 11) is 0. The third-order valence-electron chi connectivity index (χ3n) is 4.73. The smallest absolute Gasteiger partial charge is 0.407 e. The monoisotopic (exact) mass is 418 g/mol. The van der Waals surface area contributed by atoms with Gasteiger partial charge < -0.3 is 20.1 Å². The number of hydrogen-bond acceptors (Lipinski definition) is 4. The summed E-state index contributed by atoms with van der Waals surface area (Å²) in [6, 6.07) is 16.5. The molecule has 0 bridgehead atoms. The molecule has 0 saturated heterocycles. The van der Waals surface area contributed by atoms with Gasteiger partial charge in [-0.15, -0.1) is 0 Å². The molecule has 2 atom stereocenters. The predicted octanol–water partition coefficient (Wildman–Crippen LogP) is 4.40. The molecule has 0 radical (unpaired) electrons. The number of benzene rings is 2. The van der Waals surface area contributed by atoms with E-state index in [1.54, 1.807) is 24.3 Å². The van der Waals surface area contributed by atoms with Crippen molar-refractivity contribution in [2.24, 2.45) is 0 Å². The van der Waals surface area contributed by atoms with Crippen LogP contribution in [-0.2, 0) is 22.7 Å². The first-order valence-corrected chi connectivity index (χ1v) is 9.72. The lowest BCUT2D eigenvalue weighted by molar-refractivity contribution is -0.0535. The van der Waals surface area contributed by atoms with Crippen LogP contribution in [0, 0.1) is 0 Å². The van der Waals surface area contributed by atoms with Crippen LogP contribution in [0.3, 0.4) is 0 Å². The number of hydrogen-bond donors (Lipinski definition) is 2. The lowest BCUT2D eigenvalue weighted by Crippen LogP contribution is -2.51. The molecule has 2 N–H and O–H groups in total. The maximum Gasteiger partial charge on any atom is 0.407 e. The molecule has 1 saturated carbocycles. The van der Waals surface area contributed by atoms with E-state index in [0.29, 0.717) is 0 Å². The Labute approximate surface area is 173 Å². The van der Waals surface area contributed by atoms with E-state index in [4.69, 9.17) is 9.47 Å². The second kappa shape index (κ2) is 10.0. The Hall–Kier alpha value is -3.16. The average molecular weight is 418 g/mol. The van der Waals surface area contributed by atoms with Gasteiger partial charge >= 0.3 is 12.2 Å². The highest BCUT2D eigenvalue weighted by molar-refractivity contribution is 5.68. The van der Waals surface area contributed by atoms with E-state index in [2.05, 4.69) is 10.6 Å². The van der Waals surface area contributed by atoms with Crippen molar-refractivity contribution in [1.82, 2.24) is 10.6 Å². The van der Waals surface area contributed by atoms with Gasteiger partial charge in [-0.2, -0.15) is 0 Å². The van der Waals surface area contributed by atoms with Crippen LogP contribution in [0.4, 0.5) is 18.4 Å². The average Bonchev–Trinajstić information content (AvgIpc) is 2.71. The van der Waals surface area contributed by atoms with Crippen LogP contribution in [-0.4, -0.2) is 30.2 Å². The molecular formula is C22H24F2N2O4. The third-order valence-corrected chi connectivity index (χ3v) is 4.73. The molecule has 2 aromatic carbocycles. The van der Waals surface area contributed by atoms with Gasteiger partial charge in [0.05, 0.1) is 0 Å². The zero-order valence-electron chi connectivity index (χ0n) is 16.4. The molecule has 160 valence electrons. The third kappa shape index (κ3) is 7.02. The van der Waals surface area contributed by atoms with Crippen LogP contribution in [0.2, 0.25) is 0 Å². The fourth-order valence-corrected chi connectivity index (χ4v) is 3.40. The van der Waals surface area contributed by atoms with E-state index in [9.17, 15) is 18.4 Å². The number of nitrogens with one attached hydrogen (secondary N) is 2. The SMILES string of the molecule is O=C(NC1CC(NC(=O)OCc2ccccc2)CC(F)(F)C1)OCc1ccccc1. The summed E-state index contributed by atoms with van der Waals surface area (Å²) in [6.45, 7) is 0.0898. The van der Waals surface area contributed by atoms with E-state index < -0.39 is 43.0 Å². The fourth-order valence-electron chi connectivity index (χ4n) is 3.40. The highest BCUT2D eigenvalue weighted by atomic mass is 19.3. The first-order valence-electron chi connectivity index (χ1n) is 9.72. The molecule has 30 heavy (non-hydrogen) atoms. The maximum atomic E-state index is 14.1. The summed E-state index contributed by atoms with van der Waals surface area (Å²) in [5.74, 6) is -3.02. The van der Waals surface area contributed by atoms with E-state index >= 15 is 0 Å². The van der Waals surface area contributed by atoms with Crippen molar-refractivity contribution in [2.45, 2.75) is 50.5 Å². The van der Waals surface area contributed by atoms with Gasteiger partial charge in [0.2, 0.25) is 0 Å². The van der Waals surface area contributed by atoms with Crippen molar-refractivity contribution in [3.8, 4) is 0 Å². The molecule has 2 amide bonds. The van der Waals surface area contributed by atoms with E-state index in [1.165, 1.54) is 0 Å². The van der Waals surface area contributed by atoms with E-state index in [0.717, 1.165) is 11.1 Å². The maximum absolute atomic E-state index is 14.1. The summed E-state index contributed by atoms with van der Waals surface area (Å²) in [5, 5.41) is 4.95. The van der Waals surface area contributed by atoms with Gasteiger partial charge in [-0.3, -0.25) is 0 Å².